The van der Waals surface area contributed by atoms with E-state index in [9.17, 15) is 4.79 Å². The van der Waals surface area contributed by atoms with E-state index in [1.165, 1.54) is 0 Å². The highest BCUT2D eigenvalue weighted by atomic mass is 79.9. The van der Waals surface area contributed by atoms with Gasteiger partial charge in [0.15, 0.2) is 0 Å². The Kier molecular flexibility index (Phi) is 2.46. The first-order valence-corrected chi connectivity index (χ1v) is 5.28. The summed E-state index contributed by atoms with van der Waals surface area (Å²) in [4.78, 5) is 13.2. The van der Waals surface area contributed by atoms with Crippen molar-refractivity contribution in [3.63, 3.8) is 0 Å². The molecule has 74 valence electrons. The number of amides is 1. The minimum absolute atomic E-state index is 0.151. The minimum atomic E-state index is 0.151. The Morgan fingerprint density at radius 1 is 1.50 bits per heavy atom. The highest BCUT2D eigenvalue weighted by Crippen LogP contribution is 2.30. The van der Waals surface area contributed by atoms with Gasteiger partial charge in [-0.1, -0.05) is 15.9 Å². The SMILES string of the molecule is CN1C(=O)CCNc2cc(Br)ccc21. The molecule has 0 saturated carbocycles. The first kappa shape index (κ1) is 9.52. The molecule has 0 saturated heterocycles. The van der Waals surface area contributed by atoms with Crippen LogP contribution in [-0.2, 0) is 4.79 Å². The monoisotopic (exact) mass is 254 g/mol. The van der Waals surface area contributed by atoms with Crippen LogP contribution in [0.4, 0.5) is 11.4 Å². The number of carbonyl (C=O) groups is 1. The Morgan fingerprint density at radius 2 is 2.29 bits per heavy atom. The number of anilines is 2. The van der Waals surface area contributed by atoms with Gasteiger partial charge in [0.2, 0.25) is 5.91 Å². The van der Waals surface area contributed by atoms with Crippen LogP contribution in [0.5, 0.6) is 0 Å². The summed E-state index contributed by atoms with van der Waals surface area (Å²) < 4.78 is 1.02. The molecule has 0 bridgehead atoms. The van der Waals surface area contributed by atoms with Crippen molar-refractivity contribution in [2.75, 3.05) is 23.8 Å². The number of rotatable bonds is 0. The second-order valence-electron chi connectivity index (χ2n) is 3.29. The summed E-state index contributed by atoms with van der Waals surface area (Å²) in [5.74, 6) is 0.151. The van der Waals surface area contributed by atoms with Crippen molar-refractivity contribution in [2.24, 2.45) is 0 Å². The number of benzene rings is 1. The smallest absolute Gasteiger partial charge is 0.228 e. The first-order chi connectivity index (χ1) is 6.68. The van der Waals surface area contributed by atoms with E-state index in [1.54, 1.807) is 4.90 Å². The van der Waals surface area contributed by atoms with Crippen molar-refractivity contribution in [3.05, 3.63) is 22.7 Å². The predicted molar refractivity (Wildman–Crippen MR) is 60.7 cm³/mol. The molecule has 4 heteroatoms. The quantitative estimate of drug-likeness (QED) is 0.771. The van der Waals surface area contributed by atoms with Gasteiger partial charge in [0.1, 0.15) is 0 Å². The standard InChI is InChI=1S/C10H11BrN2O/c1-13-9-3-2-7(11)6-8(9)12-5-4-10(13)14/h2-3,6,12H,4-5H2,1H3. The fraction of sp³-hybridized carbons (Fsp3) is 0.300. The molecule has 1 amide bonds. The van der Waals surface area contributed by atoms with Gasteiger partial charge >= 0.3 is 0 Å². The van der Waals surface area contributed by atoms with Crippen molar-refractivity contribution >= 4 is 33.2 Å². The van der Waals surface area contributed by atoms with Crippen LogP contribution in [0.15, 0.2) is 22.7 Å². The molecule has 1 N–H and O–H groups in total. The lowest BCUT2D eigenvalue weighted by Crippen LogP contribution is -2.25. The highest BCUT2D eigenvalue weighted by Gasteiger charge is 2.17. The molecule has 0 unspecified atom stereocenters. The summed E-state index contributed by atoms with van der Waals surface area (Å²) in [6, 6.07) is 5.87. The highest BCUT2D eigenvalue weighted by molar-refractivity contribution is 9.10. The maximum Gasteiger partial charge on any atom is 0.228 e. The first-order valence-electron chi connectivity index (χ1n) is 4.48. The number of hydrogen-bond donors (Lipinski definition) is 1. The van der Waals surface area contributed by atoms with E-state index >= 15 is 0 Å². The lowest BCUT2D eigenvalue weighted by Gasteiger charge is -2.16. The molecule has 2 rings (SSSR count). The summed E-state index contributed by atoms with van der Waals surface area (Å²) >= 11 is 3.41. The zero-order valence-corrected chi connectivity index (χ0v) is 9.47. The molecule has 0 aliphatic carbocycles. The lowest BCUT2D eigenvalue weighted by atomic mass is 10.2. The van der Waals surface area contributed by atoms with Crippen LogP contribution in [0.25, 0.3) is 0 Å². The topological polar surface area (TPSA) is 32.3 Å². The number of halogens is 1. The number of hydrogen-bond acceptors (Lipinski definition) is 2. The third-order valence-corrected chi connectivity index (χ3v) is 2.84. The van der Waals surface area contributed by atoms with E-state index in [1.807, 2.05) is 25.2 Å². The van der Waals surface area contributed by atoms with Crippen molar-refractivity contribution < 1.29 is 4.79 Å². The fourth-order valence-electron chi connectivity index (χ4n) is 1.55. The van der Waals surface area contributed by atoms with Crippen LogP contribution in [0, 0.1) is 0 Å². The van der Waals surface area contributed by atoms with Gasteiger partial charge in [-0.2, -0.15) is 0 Å². The van der Waals surface area contributed by atoms with E-state index in [-0.39, 0.29) is 5.91 Å². The van der Waals surface area contributed by atoms with Gasteiger partial charge in [-0.15, -0.1) is 0 Å². The Bertz CT molecular complexity index is 378. The van der Waals surface area contributed by atoms with Crippen LogP contribution < -0.4 is 10.2 Å². The van der Waals surface area contributed by atoms with E-state index in [0.717, 1.165) is 15.8 Å². The Morgan fingerprint density at radius 3 is 3.07 bits per heavy atom. The maximum absolute atomic E-state index is 11.5. The average molecular weight is 255 g/mol. The van der Waals surface area contributed by atoms with Crippen molar-refractivity contribution in [1.82, 2.24) is 0 Å². The average Bonchev–Trinajstić information content (AvgIpc) is 2.28. The zero-order valence-electron chi connectivity index (χ0n) is 7.88. The maximum atomic E-state index is 11.5. The summed E-state index contributed by atoms with van der Waals surface area (Å²) in [5.41, 5.74) is 1.95. The Balaban J connectivity index is 2.48. The number of nitrogens with one attached hydrogen (secondary N) is 1. The van der Waals surface area contributed by atoms with Gasteiger partial charge in [0, 0.05) is 24.5 Å². The third-order valence-electron chi connectivity index (χ3n) is 2.35. The molecule has 3 nitrogen and oxygen atoms in total. The molecule has 0 fully saturated rings. The molecule has 1 aliphatic heterocycles. The van der Waals surface area contributed by atoms with E-state index in [0.29, 0.717) is 13.0 Å². The number of fused-ring (bicyclic) bond motifs is 1. The second-order valence-corrected chi connectivity index (χ2v) is 4.21. The van der Waals surface area contributed by atoms with Gasteiger partial charge in [-0.25, -0.2) is 0 Å². The molecule has 1 aromatic rings. The van der Waals surface area contributed by atoms with Gasteiger partial charge < -0.3 is 10.2 Å². The van der Waals surface area contributed by atoms with E-state index in [2.05, 4.69) is 21.2 Å². The number of nitrogens with zero attached hydrogens (tertiary/aromatic N) is 1. The Labute approximate surface area is 91.2 Å². The Hall–Kier alpha value is -1.03. The molecule has 0 spiro atoms. The van der Waals surface area contributed by atoms with Crippen LogP contribution in [-0.4, -0.2) is 19.5 Å². The predicted octanol–water partition coefficient (Wildman–Crippen LogP) is 2.23. The second kappa shape index (κ2) is 3.61. The van der Waals surface area contributed by atoms with Gasteiger partial charge in [0.25, 0.3) is 0 Å². The van der Waals surface area contributed by atoms with Crippen LogP contribution >= 0.6 is 15.9 Å². The largest absolute Gasteiger partial charge is 0.383 e. The van der Waals surface area contributed by atoms with E-state index in [4.69, 9.17) is 0 Å². The molecule has 0 atom stereocenters. The van der Waals surface area contributed by atoms with Gasteiger partial charge in [-0.3, -0.25) is 4.79 Å². The third kappa shape index (κ3) is 1.62. The van der Waals surface area contributed by atoms with Crippen molar-refractivity contribution in [2.45, 2.75) is 6.42 Å². The normalized spacial score (nSPS) is 15.9. The summed E-state index contributed by atoms with van der Waals surface area (Å²) in [6.07, 6.45) is 0.544. The summed E-state index contributed by atoms with van der Waals surface area (Å²) in [5, 5.41) is 3.23. The fourth-order valence-corrected chi connectivity index (χ4v) is 1.91. The van der Waals surface area contributed by atoms with Crippen LogP contribution in [0.2, 0.25) is 0 Å². The minimum Gasteiger partial charge on any atom is -0.383 e. The molecule has 1 aromatic carbocycles. The summed E-state index contributed by atoms with van der Waals surface area (Å²) in [7, 11) is 1.81. The van der Waals surface area contributed by atoms with Crippen LogP contribution in [0.1, 0.15) is 6.42 Å². The molecular formula is C10H11BrN2O. The lowest BCUT2D eigenvalue weighted by molar-refractivity contribution is -0.118. The molecule has 1 heterocycles. The molecular weight excluding hydrogens is 244 g/mol. The van der Waals surface area contributed by atoms with Gasteiger partial charge in [0.05, 0.1) is 11.4 Å². The van der Waals surface area contributed by atoms with E-state index < -0.39 is 0 Å². The summed E-state index contributed by atoms with van der Waals surface area (Å²) in [6.45, 7) is 0.701. The van der Waals surface area contributed by atoms with Gasteiger partial charge in [-0.05, 0) is 18.2 Å². The number of carbonyl (C=O) groups excluding carboxylic acids is 1. The van der Waals surface area contributed by atoms with Crippen molar-refractivity contribution in [3.8, 4) is 0 Å². The van der Waals surface area contributed by atoms with Crippen molar-refractivity contribution in [1.29, 1.82) is 0 Å². The molecule has 14 heavy (non-hydrogen) atoms. The van der Waals surface area contributed by atoms with Crippen LogP contribution in [0.3, 0.4) is 0 Å². The zero-order chi connectivity index (χ0) is 10.1. The molecule has 1 aliphatic rings. The molecule has 0 radical (unpaired) electrons. The molecule has 0 aromatic heterocycles.